The van der Waals surface area contributed by atoms with Crippen molar-refractivity contribution in [1.82, 2.24) is 24.6 Å². The SMILES string of the molecule is Cc1cnn(CC(=O)N2CCC[C@@H](c3nc(-c4cccs4)cc(C(F)(F)F)n3)C2)c1. The highest BCUT2D eigenvalue weighted by molar-refractivity contribution is 7.13. The van der Waals surface area contributed by atoms with Crippen LogP contribution in [0.5, 0.6) is 0 Å². The number of alkyl halides is 3. The Morgan fingerprint density at radius 1 is 1.33 bits per heavy atom. The average Bonchev–Trinajstić information content (AvgIpc) is 3.39. The number of piperidine rings is 1. The number of carbonyl (C=O) groups excluding carboxylic acids is 1. The Morgan fingerprint density at radius 2 is 2.17 bits per heavy atom. The van der Waals surface area contributed by atoms with Gasteiger partial charge in [0, 0.05) is 25.2 Å². The smallest absolute Gasteiger partial charge is 0.340 e. The summed E-state index contributed by atoms with van der Waals surface area (Å²) in [7, 11) is 0. The maximum atomic E-state index is 13.4. The minimum atomic E-state index is -4.56. The van der Waals surface area contributed by atoms with Crippen LogP contribution in [0.2, 0.25) is 0 Å². The molecule has 1 aliphatic rings. The summed E-state index contributed by atoms with van der Waals surface area (Å²) >= 11 is 1.33. The number of rotatable bonds is 4. The summed E-state index contributed by atoms with van der Waals surface area (Å²) in [5.41, 5.74) is 0.266. The third kappa shape index (κ3) is 4.53. The third-order valence-electron chi connectivity index (χ3n) is 5.01. The quantitative estimate of drug-likeness (QED) is 0.618. The van der Waals surface area contributed by atoms with Crippen LogP contribution in [0.1, 0.15) is 35.8 Å². The molecule has 158 valence electrons. The van der Waals surface area contributed by atoms with Crippen LogP contribution >= 0.6 is 11.3 Å². The molecule has 0 spiro atoms. The lowest BCUT2D eigenvalue weighted by molar-refractivity contribution is -0.141. The second-order valence-corrected chi connectivity index (χ2v) is 8.31. The lowest BCUT2D eigenvalue weighted by Crippen LogP contribution is -2.41. The van der Waals surface area contributed by atoms with Crippen LogP contribution < -0.4 is 0 Å². The Morgan fingerprint density at radius 3 is 2.83 bits per heavy atom. The van der Waals surface area contributed by atoms with Crippen LogP contribution in [0.3, 0.4) is 0 Å². The number of aryl methyl sites for hydroxylation is 1. The van der Waals surface area contributed by atoms with E-state index < -0.39 is 11.9 Å². The van der Waals surface area contributed by atoms with Gasteiger partial charge in [-0.2, -0.15) is 18.3 Å². The largest absolute Gasteiger partial charge is 0.433 e. The van der Waals surface area contributed by atoms with Crippen molar-refractivity contribution in [2.75, 3.05) is 13.1 Å². The molecule has 1 amide bonds. The van der Waals surface area contributed by atoms with Gasteiger partial charge in [-0.3, -0.25) is 9.48 Å². The van der Waals surface area contributed by atoms with Crippen LogP contribution in [-0.2, 0) is 17.5 Å². The number of hydrogen-bond acceptors (Lipinski definition) is 5. The number of halogens is 3. The van der Waals surface area contributed by atoms with E-state index in [2.05, 4.69) is 15.1 Å². The second-order valence-electron chi connectivity index (χ2n) is 7.37. The molecule has 3 aromatic rings. The molecule has 0 bridgehead atoms. The first-order valence-corrected chi connectivity index (χ1v) is 10.4. The first kappa shape index (κ1) is 20.5. The van der Waals surface area contributed by atoms with E-state index in [0.29, 0.717) is 30.8 Å². The summed E-state index contributed by atoms with van der Waals surface area (Å²) in [5.74, 6) is -0.322. The fourth-order valence-electron chi connectivity index (χ4n) is 3.55. The van der Waals surface area contributed by atoms with E-state index in [-0.39, 0.29) is 29.9 Å². The van der Waals surface area contributed by atoms with Gasteiger partial charge in [-0.15, -0.1) is 11.3 Å². The van der Waals surface area contributed by atoms with Crippen molar-refractivity contribution in [1.29, 1.82) is 0 Å². The van der Waals surface area contributed by atoms with Gasteiger partial charge in [0.1, 0.15) is 18.1 Å². The van der Waals surface area contributed by atoms with Crippen molar-refractivity contribution in [3.05, 3.63) is 53.1 Å². The predicted octanol–water partition coefficient (Wildman–Crippen LogP) is 4.14. The van der Waals surface area contributed by atoms with Crippen molar-refractivity contribution in [2.24, 2.45) is 0 Å². The molecule has 1 aliphatic heterocycles. The van der Waals surface area contributed by atoms with Crippen LogP contribution in [-0.4, -0.2) is 43.6 Å². The van der Waals surface area contributed by atoms with E-state index in [1.165, 1.54) is 11.3 Å². The van der Waals surface area contributed by atoms with E-state index in [1.54, 1.807) is 39.5 Å². The van der Waals surface area contributed by atoms with Gasteiger partial charge in [-0.1, -0.05) is 6.07 Å². The zero-order chi connectivity index (χ0) is 21.3. The molecule has 3 aromatic heterocycles. The molecule has 10 heteroatoms. The molecule has 4 heterocycles. The van der Waals surface area contributed by atoms with Crippen molar-refractivity contribution in [3.63, 3.8) is 0 Å². The molecule has 0 radical (unpaired) electrons. The lowest BCUT2D eigenvalue weighted by Gasteiger charge is -2.32. The molecule has 6 nitrogen and oxygen atoms in total. The highest BCUT2D eigenvalue weighted by atomic mass is 32.1. The standard InChI is InChI=1S/C20H20F3N5OS/c1-13-9-24-28(10-13)12-18(29)27-6-2-4-14(11-27)19-25-15(16-5-3-7-30-16)8-17(26-19)20(21,22)23/h3,5,7-10,14H,2,4,6,11-12H2,1H3/t14-/m1/s1. The minimum Gasteiger partial charge on any atom is -0.340 e. The molecule has 1 saturated heterocycles. The fourth-order valence-corrected chi connectivity index (χ4v) is 4.24. The zero-order valence-electron chi connectivity index (χ0n) is 16.3. The summed E-state index contributed by atoms with van der Waals surface area (Å²) in [6, 6.07) is 4.49. The molecule has 1 atom stereocenters. The maximum absolute atomic E-state index is 13.4. The molecule has 1 fully saturated rings. The Balaban J connectivity index is 1.58. The van der Waals surface area contributed by atoms with Gasteiger partial charge in [-0.25, -0.2) is 9.97 Å². The predicted molar refractivity (Wildman–Crippen MR) is 106 cm³/mol. The number of thiophene rings is 1. The van der Waals surface area contributed by atoms with Gasteiger partial charge in [0.2, 0.25) is 5.91 Å². The average molecular weight is 435 g/mol. The normalized spacial score (nSPS) is 17.3. The number of carbonyl (C=O) groups is 1. The molecule has 0 N–H and O–H groups in total. The van der Waals surface area contributed by atoms with Crippen molar-refractivity contribution < 1.29 is 18.0 Å². The van der Waals surface area contributed by atoms with Gasteiger partial charge >= 0.3 is 6.18 Å². The molecule has 0 saturated carbocycles. The maximum Gasteiger partial charge on any atom is 0.433 e. The summed E-state index contributed by atoms with van der Waals surface area (Å²) in [6.45, 7) is 2.85. The molecule has 0 aromatic carbocycles. The summed E-state index contributed by atoms with van der Waals surface area (Å²) in [5, 5.41) is 5.92. The molecular weight excluding hydrogens is 415 g/mol. The Kier molecular flexibility index (Phi) is 5.59. The van der Waals surface area contributed by atoms with E-state index in [0.717, 1.165) is 11.6 Å². The molecule has 4 rings (SSSR count). The number of aromatic nitrogens is 4. The minimum absolute atomic E-state index is 0.102. The Hall–Kier alpha value is -2.75. The Labute approximate surface area is 175 Å². The van der Waals surface area contributed by atoms with E-state index in [1.807, 2.05) is 6.92 Å². The van der Waals surface area contributed by atoms with Crippen molar-refractivity contribution >= 4 is 17.2 Å². The first-order valence-electron chi connectivity index (χ1n) is 9.56. The van der Waals surface area contributed by atoms with E-state index >= 15 is 0 Å². The number of likely N-dealkylation sites (tertiary alicyclic amines) is 1. The highest BCUT2D eigenvalue weighted by Crippen LogP contribution is 2.34. The van der Waals surface area contributed by atoms with E-state index in [4.69, 9.17) is 0 Å². The monoisotopic (exact) mass is 435 g/mol. The fraction of sp³-hybridized carbons (Fsp3) is 0.400. The van der Waals surface area contributed by atoms with E-state index in [9.17, 15) is 18.0 Å². The first-order chi connectivity index (χ1) is 14.3. The Bertz CT molecular complexity index is 1030. The van der Waals surface area contributed by atoms with Gasteiger partial charge in [0.05, 0.1) is 16.8 Å². The summed E-state index contributed by atoms with van der Waals surface area (Å²) in [4.78, 5) is 23.3. The summed E-state index contributed by atoms with van der Waals surface area (Å²) < 4.78 is 41.9. The molecular formula is C20H20F3N5OS. The van der Waals surface area contributed by atoms with Crippen LogP contribution in [0.15, 0.2) is 36.0 Å². The van der Waals surface area contributed by atoms with Gasteiger partial charge in [0.15, 0.2) is 0 Å². The summed E-state index contributed by atoms with van der Waals surface area (Å²) in [6.07, 6.45) is 0.210. The van der Waals surface area contributed by atoms with Crippen LogP contribution in [0, 0.1) is 6.92 Å². The zero-order valence-corrected chi connectivity index (χ0v) is 17.1. The number of amides is 1. The highest BCUT2D eigenvalue weighted by Gasteiger charge is 2.35. The van der Waals surface area contributed by atoms with Gasteiger partial charge in [0.25, 0.3) is 0 Å². The second kappa shape index (κ2) is 8.17. The van der Waals surface area contributed by atoms with Gasteiger partial charge < -0.3 is 4.90 Å². The topological polar surface area (TPSA) is 63.9 Å². The molecule has 0 aliphatic carbocycles. The third-order valence-corrected chi connectivity index (χ3v) is 5.90. The number of hydrogen-bond donors (Lipinski definition) is 0. The molecule has 30 heavy (non-hydrogen) atoms. The van der Waals surface area contributed by atoms with Crippen LogP contribution in [0.25, 0.3) is 10.6 Å². The van der Waals surface area contributed by atoms with Crippen molar-refractivity contribution in [2.45, 2.75) is 38.4 Å². The molecule has 0 unspecified atom stereocenters. The van der Waals surface area contributed by atoms with Crippen LogP contribution in [0.4, 0.5) is 13.2 Å². The number of nitrogens with zero attached hydrogens (tertiary/aromatic N) is 5. The lowest BCUT2D eigenvalue weighted by atomic mass is 9.96. The van der Waals surface area contributed by atoms with Gasteiger partial charge in [-0.05, 0) is 42.8 Å². The van der Waals surface area contributed by atoms with Crippen molar-refractivity contribution in [3.8, 4) is 10.6 Å².